The van der Waals surface area contributed by atoms with Crippen molar-refractivity contribution in [2.75, 3.05) is 0 Å². The Balaban J connectivity index is 2.01. The van der Waals surface area contributed by atoms with Gasteiger partial charge < -0.3 is 15.8 Å². The number of halogens is 1. The van der Waals surface area contributed by atoms with Crippen molar-refractivity contribution >= 4 is 34.9 Å². The van der Waals surface area contributed by atoms with E-state index in [1.54, 1.807) is 36.1 Å². The summed E-state index contributed by atoms with van der Waals surface area (Å²) in [5, 5.41) is 15.0. The van der Waals surface area contributed by atoms with Crippen LogP contribution < -0.4 is 16.3 Å². The summed E-state index contributed by atoms with van der Waals surface area (Å²) in [7, 11) is 1.81. The van der Waals surface area contributed by atoms with Crippen molar-refractivity contribution in [2.45, 2.75) is 0 Å². The summed E-state index contributed by atoms with van der Waals surface area (Å²) in [5.74, 6) is -1.58. The van der Waals surface area contributed by atoms with Crippen LogP contribution in [-0.2, 0) is 7.05 Å². The zero-order valence-electron chi connectivity index (χ0n) is 16.1. The molecule has 0 unspecified atom stereocenters. The van der Waals surface area contributed by atoms with Crippen LogP contribution in [0.1, 0.15) is 15.9 Å². The Bertz CT molecular complexity index is 1410. The van der Waals surface area contributed by atoms with Crippen LogP contribution in [-0.4, -0.2) is 30.8 Å². The number of pyridine rings is 1. The summed E-state index contributed by atoms with van der Waals surface area (Å²) in [6.07, 6.45) is 7.82. The molecular weight excluding hydrogens is 385 g/mol. The molecule has 0 aliphatic heterocycles. The second-order valence-electron chi connectivity index (χ2n) is 6.78. The average Bonchev–Trinajstić information content (AvgIpc) is 3.32. The summed E-state index contributed by atoms with van der Waals surface area (Å²) >= 11 is 0. The molecule has 0 saturated carbocycles. The summed E-state index contributed by atoms with van der Waals surface area (Å²) < 4.78 is 16.6. The highest BCUT2D eigenvalue weighted by Crippen LogP contribution is 2.28. The van der Waals surface area contributed by atoms with E-state index in [2.05, 4.69) is 21.6 Å². The lowest BCUT2D eigenvalue weighted by Gasteiger charge is -2.06. The minimum Gasteiger partial charge on any atom is -0.478 e. The van der Waals surface area contributed by atoms with Crippen molar-refractivity contribution in [3.63, 3.8) is 0 Å². The van der Waals surface area contributed by atoms with Crippen LogP contribution >= 0.6 is 0 Å². The van der Waals surface area contributed by atoms with Gasteiger partial charge in [0.25, 0.3) is 0 Å². The predicted octanol–water partition coefficient (Wildman–Crippen LogP) is 1.99. The maximum absolute atomic E-state index is 14.9. The maximum Gasteiger partial charge on any atom is 0.335 e. The fourth-order valence-electron chi connectivity index (χ4n) is 3.36. The van der Waals surface area contributed by atoms with E-state index in [0.29, 0.717) is 38.3 Å². The number of aromatic amines is 1. The Morgan fingerprint density at radius 2 is 2.00 bits per heavy atom. The Hall–Kier alpha value is -4.20. The van der Waals surface area contributed by atoms with Gasteiger partial charge in [-0.2, -0.15) is 5.10 Å². The molecule has 3 aromatic heterocycles. The van der Waals surface area contributed by atoms with E-state index in [1.807, 2.05) is 6.20 Å². The number of nitrogens with two attached hydrogens (primary N) is 1. The van der Waals surface area contributed by atoms with E-state index in [0.717, 1.165) is 11.8 Å². The van der Waals surface area contributed by atoms with Gasteiger partial charge in [-0.15, -0.1) is 0 Å². The van der Waals surface area contributed by atoms with E-state index in [1.165, 1.54) is 18.3 Å². The first-order valence-corrected chi connectivity index (χ1v) is 9.00. The van der Waals surface area contributed by atoms with Gasteiger partial charge in [0, 0.05) is 41.2 Å². The van der Waals surface area contributed by atoms with Crippen molar-refractivity contribution in [1.82, 2.24) is 19.7 Å². The number of hydrogen-bond acceptors (Lipinski definition) is 4. The molecule has 0 bridgehead atoms. The summed E-state index contributed by atoms with van der Waals surface area (Å²) in [6, 6.07) is 6.01. The fraction of sp³-hybridized carbons (Fsp3) is 0.0455. The smallest absolute Gasteiger partial charge is 0.335 e. The number of nitrogens with one attached hydrogen (secondary N) is 1. The van der Waals surface area contributed by atoms with Crippen LogP contribution in [0.25, 0.3) is 40.0 Å². The Morgan fingerprint density at radius 1 is 1.27 bits per heavy atom. The number of benzene rings is 1. The van der Waals surface area contributed by atoms with Gasteiger partial charge in [0.05, 0.1) is 23.3 Å². The third-order valence-electron chi connectivity index (χ3n) is 4.83. The molecule has 0 saturated heterocycles. The van der Waals surface area contributed by atoms with Crippen LogP contribution in [0.3, 0.4) is 0 Å². The molecule has 7 nitrogen and oxygen atoms in total. The quantitative estimate of drug-likeness (QED) is 0.483. The maximum atomic E-state index is 14.9. The molecule has 0 spiro atoms. The van der Waals surface area contributed by atoms with Gasteiger partial charge in [0.15, 0.2) is 0 Å². The Labute approximate surface area is 170 Å². The van der Waals surface area contributed by atoms with Gasteiger partial charge in [-0.25, -0.2) is 14.2 Å². The average molecular weight is 403 g/mol. The molecule has 8 heteroatoms. The number of nitrogens with zero attached hydrogens (tertiary/aromatic N) is 3. The number of fused-ring (bicyclic) bond motifs is 1. The largest absolute Gasteiger partial charge is 0.478 e. The topological polar surface area (TPSA) is 110 Å². The van der Waals surface area contributed by atoms with Crippen LogP contribution in [0.5, 0.6) is 0 Å². The normalized spacial score (nSPS) is 12.6. The van der Waals surface area contributed by atoms with Gasteiger partial charge >= 0.3 is 5.97 Å². The lowest BCUT2D eigenvalue weighted by Crippen LogP contribution is -2.24. The van der Waals surface area contributed by atoms with E-state index in [4.69, 9.17) is 10.8 Å². The van der Waals surface area contributed by atoms with E-state index >= 15 is 0 Å². The Kier molecular flexibility index (Phi) is 4.67. The first-order chi connectivity index (χ1) is 14.4. The van der Waals surface area contributed by atoms with E-state index < -0.39 is 11.8 Å². The first-order valence-electron chi connectivity index (χ1n) is 9.00. The van der Waals surface area contributed by atoms with Gasteiger partial charge in [-0.1, -0.05) is 18.7 Å². The molecule has 4 rings (SSSR count). The van der Waals surface area contributed by atoms with Crippen molar-refractivity contribution in [1.29, 1.82) is 0 Å². The molecule has 30 heavy (non-hydrogen) atoms. The minimum absolute atomic E-state index is 0.117. The molecule has 4 aromatic rings. The number of hydrogen-bond donors (Lipinski definition) is 3. The molecule has 0 atom stereocenters. The Morgan fingerprint density at radius 3 is 2.60 bits per heavy atom. The molecule has 4 N–H and O–H groups in total. The van der Waals surface area contributed by atoms with Crippen LogP contribution in [0.2, 0.25) is 0 Å². The summed E-state index contributed by atoms with van der Waals surface area (Å²) in [5.41, 5.74) is 8.68. The van der Waals surface area contributed by atoms with Gasteiger partial charge in [-0.05, 0) is 29.3 Å². The summed E-state index contributed by atoms with van der Waals surface area (Å²) in [4.78, 5) is 18.4. The zero-order chi connectivity index (χ0) is 21.4. The van der Waals surface area contributed by atoms with Gasteiger partial charge in [0.2, 0.25) is 0 Å². The van der Waals surface area contributed by atoms with Crippen molar-refractivity contribution in [2.24, 2.45) is 12.8 Å². The number of carboxylic acids is 1. The SMILES string of the molecule is C=C(/C=c1\c(=C/N)[nH]c2ncc(F)c(-c3ccc(C(=O)O)cc3)c12)c1cnn(C)c1. The van der Waals surface area contributed by atoms with Crippen molar-refractivity contribution < 1.29 is 14.3 Å². The second kappa shape index (κ2) is 7.32. The molecule has 3 heterocycles. The molecule has 0 aliphatic carbocycles. The molecule has 0 amide bonds. The highest BCUT2D eigenvalue weighted by molar-refractivity contribution is 5.98. The third kappa shape index (κ3) is 3.24. The highest BCUT2D eigenvalue weighted by Gasteiger charge is 2.16. The first kappa shape index (κ1) is 19.1. The number of carbonyl (C=O) groups is 1. The molecule has 1 aromatic carbocycles. The van der Waals surface area contributed by atoms with Crippen LogP contribution in [0.4, 0.5) is 4.39 Å². The van der Waals surface area contributed by atoms with E-state index in [9.17, 15) is 9.18 Å². The van der Waals surface area contributed by atoms with Crippen LogP contribution in [0, 0.1) is 5.82 Å². The van der Waals surface area contributed by atoms with Gasteiger partial charge in [0.1, 0.15) is 11.5 Å². The third-order valence-corrected chi connectivity index (χ3v) is 4.83. The molecule has 0 fully saturated rings. The number of H-pyrrole nitrogens is 1. The lowest BCUT2D eigenvalue weighted by molar-refractivity contribution is 0.0697. The molecule has 150 valence electrons. The number of carboxylic acid groups (broad SMARTS) is 1. The monoisotopic (exact) mass is 403 g/mol. The number of aromatic nitrogens is 4. The second-order valence-corrected chi connectivity index (χ2v) is 6.78. The predicted molar refractivity (Wildman–Crippen MR) is 113 cm³/mol. The fourth-order valence-corrected chi connectivity index (χ4v) is 3.36. The van der Waals surface area contributed by atoms with Crippen molar-refractivity contribution in [3.05, 3.63) is 76.9 Å². The summed E-state index contributed by atoms with van der Waals surface area (Å²) in [6.45, 7) is 4.09. The molecular formula is C22H18FN5O2. The number of aryl methyl sites for hydroxylation is 1. The lowest BCUT2D eigenvalue weighted by atomic mass is 10.00. The van der Waals surface area contributed by atoms with Crippen LogP contribution in [0.15, 0.2) is 49.4 Å². The molecule has 0 radical (unpaired) electrons. The standard InChI is InChI=1S/C22H18FN5O2/c1-12(15-9-26-28(2)11-15)7-16-18(8-24)27-21-20(16)19(17(23)10-25-21)13-3-5-14(6-4-13)22(29)30/h3-11H,1,24H2,2H3,(H,25,27)(H,29,30)/b16-7+,18-8+. The highest BCUT2D eigenvalue weighted by atomic mass is 19.1. The van der Waals surface area contributed by atoms with E-state index in [-0.39, 0.29) is 5.56 Å². The number of allylic oxidation sites excluding steroid dienone is 1. The van der Waals surface area contributed by atoms with Crippen molar-refractivity contribution in [3.8, 4) is 11.1 Å². The minimum atomic E-state index is -1.05. The zero-order valence-corrected chi connectivity index (χ0v) is 16.1. The number of rotatable bonds is 4. The number of aromatic carboxylic acids is 1. The van der Waals surface area contributed by atoms with Gasteiger partial charge in [-0.3, -0.25) is 4.68 Å². The molecule has 0 aliphatic rings.